The van der Waals surface area contributed by atoms with Crippen LogP contribution in [0.15, 0.2) is 41.7 Å². The third-order valence-electron chi connectivity index (χ3n) is 2.45. The summed E-state index contributed by atoms with van der Waals surface area (Å²) >= 11 is 1.67. The SMILES string of the molecule is Cc1cccc(NCCSc2nccc(C)n2)c1. The van der Waals surface area contributed by atoms with Crippen molar-refractivity contribution in [2.45, 2.75) is 19.0 Å². The Morgan fingerprint density at radius 1 is 1.22 bits per heavy atom. The normalized spacial score (nSPS) is 10.3. The van der Waals surface area contributed by atoms with Gasteiger partial charge < -0.3 is 5.32 Å². The van der Waals surface area contributed by atoms with Crippen molar-refractivity contribution < 1.29 is 0 Å². The average molecular weight is 259 g/mol. The number of aromatic nitrogens is 2. The number of nitrogens with zero attached hydrogens (tertiary/aromatic N) is 2. The Morgan fingerprint density at radius 2 is 2.11 bits per heavy atom. The van der Waals surface area contributed by atoms with E-state index in [9.17, 15) is 0 Å². The topological polar surface area (TPSA) is 37.8 Å². The molecule has 1 N–H and O–H groups in total. The second-order valence-electron chi connectivity index (χ2n) is 4.13. The van der Waals surface area contributed by atoms with Crippen molar-refractivity contribution in [1.29, 1.82) is 0 Å². The zero-order valence-electron chi connectivity index (χ0n) is 10.7. The molecule has 18 heavy (non-hydrogen) atoms. The average Bonchev–Trinajstić information content (AvgIpc) is 2.35. The van der Waals surface area contributed by atoms with Crippen LogP contribution in [0.4, 0.5) is 5.69 Å². The third-order valence-corrected chi connectivity index (χ3v) is 3.32. The highest BCUT2D eigenvalue weighted by Crippen LogP contribution is 2.13. The van der Waals surface area contributed by atoms with Gasteiger partial charge in [0.25, 0.3) is 0 Å². The number of thioether (sulfide) groups is 1. The largest absolute Gasteiger partial charge is 0.384 e. The van der Waals surface area contributed by atoms with E-state index in [4.69, 9.17) is 0 Å². The van der Waals surface area contributed by atoms with Crippen LogP contribution in [0.5, 0.6) is 0 Å². The van der Waals surface area contributed by atoms with Gasteiger partial charge in [-0.25, -0.2) is 9.97 Å². The minimum Gasteiger partial charge on any atom is -0.384 e. The monoisotopic (exact) mass is 259 g/mol. The molecule has 3 nitrogen and oxygen atoms in total. The third kappa shape index (κ3) is 4.04. The molecule has 1 aromatic heterocycles. The van der Waals surface area contributed by atoms with Crippen LogP contribution in [0.2, 0.25) is 0 Å². The first-order valence-corrected chi connectivity index (χ1v) is 6.95. The lowest BCUT2D eigenvalue weighted by Crippen LogP contribution is -2.04. The molecule has 0 unspecified atom stereocenters. The predicted octanol–water partition coefficient (Wildman–Crippen LogP) is 3.30. The van der Waals surface area contributed by atoms with Crippen molar-refractivity contribution >= 4 is 17.4 Å². The smallest absolute Gasteiger partial charge is 0.187 e. The molecule has 0 bridgehead atoms. The van der Waals surface area contributed by atoms with Gasteiger partial charge in [-0.1, -0.05) is 23.9 Å². The Hall–Kier alpha value is -1.55. The van der Waals surface area contributed by atoms with Crippen LogP contribution in [0, 0.1) is 13.8 Å². The van der Waals surface area contributed by atoms with E-state index in [1.165, 1.54) is 11.3 Å². The molecule has 1 aromatic carbocycles. The summed E-state index contributed by atoms with van der Waals surface area (Å²) < 4.78 is 0. The first kappa shape index (κ1) is 12.9. The van der Waals surface area contributed by atoms with E-state index in [0.717, 1.165) is 23.1 Å². The molecule has 0 spiro atoms. The Balaban J connectivity index is 1.76. The number of rotatable bonds is 5. The van der Waals surface area contributed by atoms with Gasteiger partial charge in [-0.2, -0.15) is 0 Å². The fourth-order valence-electron chi connectivity index (χ4n) is 1.59. The highest BCUT2D eigenvalue weighted by molar-refractivity contribution is 7.99. The van der Waals surface area contributed by atoms with Crippen LogP contribution >= 0.6 is 11.8 Å². The lowest BCUT2D eigenvalue weighted by atomic mass is 10.2. The quantitative estimate of drug-likeness (QED) is 0.508. The number of anilines is 1. The zero-order valence-corrected chi connectivity index (χ0v) is 11.5. The van der Waals surface area contributed by atoms with Gasteiger partial charge in [-0.05, 0) is 37.6 Å². The number of hydrogen-bond donors (Lipinski definition) is 1. The van der Waals surface area contributed by atoms with Crippen LogP contribution in [0.1, 0.15) is 11.3 Å². The van der Waals surface area contributed by atoms with Gasteiger partial charge in [0, 0.05) is 29.9 Å². The van der Waals surface area contributed by atoms with Crippen LogP contribution < -0.4 is 5.32 Å². The molecule has 94 valence electrons. The van der Waals surface area contributed by atoms with Gasteiger partial charge >= 0.3 is 0 Å². The Morgan fingerprint density at radius 3 is 2.89 bits per heavy atom. The van der Waals surface area contributed by atoms with Crippen molar-refractivity contribution in [2.24, 2.45) is 0 Å². The molecular formula is C14H17N3S. The summed E-state index contributed by atoms with van der Waals surface area (Å²) in [5.41, 5.74) is 3.45. The minimum absolute atomic E-state index is 0.848. The van der Waals surface area contributed by atoms with Crippen LogP contribution in [0.25, 0.3) is 0 Å². The summed E-state index contributed by atoms with van der Waals surface area (Å²) in [6.45, 7) is 4.99. The van der Waals surface area contributed by atoms with Gasteiger partial charge in [0.15, 0.2) is 5.16 Å². The number of nitrogens with one attached hydrogen (secondary N) is 1. The van der Waals surface area contributed by atoms with Crippen molar-refractivity contribution in [1.82, 2.24) is 9.97 Å². The molecule has 0 amide bonds. The first-order chi connectivity index (χ1) is 8.74. The molecule has 1 heterocycles. The molecule has 0 fully saturated rings. The van der Waals surface area contributed by atoms with Crippen LogP contribution in [-0.2, 0) is 0 Å². The second-order valence-corrected chi connectivity index (χ2v) is 5.19. The Kier molecular flexibility index (Phi) is 4.59. The van der Waals surface area contributed by atoms with Crippen molar-refractivity contribution in [3.8, 4) is 0 Å². The summed E-state index contributed by atoms with van der Waals surface area (Å²) in [6.07, 6.45) is 1.80. The van der Waals surface area contributed by atoms with Crippen LogP contribution in [-0.4, -0.2) is 22.3 Å². The summed E-state index contributed by atoms with van der Waals surface area (Å²) in [6, 6.07) is 10.3. The summed E-state index contributed by atoms with van der Waals surface area (Å²) in [7, 11) is 0. The maximum Gasteiger partial charge on any atom is 0.187 e. The van der Waals surface area contributed by atoms with Crippen molar-refractivity contribution in [3.05, 3.63) is 47.8 Å². The predicted molar refractivity (Wildman–Crippen MR) is 77.2 cm³/mol. The molecule has 0 atom stereocenters. The standard InChI is InChI=1S/C14H17N3S/c1-11-4-3-5-13(10-11)15-8-9-18-14-16-7-6-12(2)17-14/h3-7,10,15H,8-9H2,1-2H3. The maximum atomic E-state index is 4.36. The highest BCUT2D eigenvalue weighted by atomic mass is 32.2. The number of benzene rings is 1. The van der Waals surface area contributed by atoms with Gasteiger partial charge in [0.05, 0.1) is 0 Å². The van der Waals surface area contributed by atoms with Gasteiger partial charge in [-0.15, -0.1) is 0 Å². The van der Waals surface area contributed by atoms with E-state index in [-0.39, 0.29) is 0 Å². The van der Waals surface area contributed by atoms with Gasteiger partial charge in [0.1, 0.15) is 0 Å². The molecule has 0 aliphatic carbocycles. The minimum atomic E-state index is 0.848. The highest BCUT2D eigenvalue weighted by Gasteiger charge is 1.97. The van der Waals surface area contributed by atoms with E-state index >= 15 is 0 Å². The molecule has 0 saturated heterocycles. The number of hydrogen-bond acceptors (Lipinski definition) is 4. The van der Waals surface area contributed by atoms with Crippen molar-refractivity contribution in [2.75, 3.05) is 17.6 Å². The Bertz CT molecular complexity index is 466. The molecule has 2 aromatic rings. The second kappa shape index (κ2) is 6.40. The van der Waals surface area contributed by atoms with E-state index in [2.05, 4.69) is 46.5 Å². The molecule has 2 rings (SSSR count). The maximum absolute atomic E-state index is 4.36. The summed E-state index contributed by atoms with van der Waals surface area (Å²) in [5.74, 6) is 0.956. The number of aryl methyl sites for hydroxylation is 2. The van der Waals surface area contributed by atoms with E-state index in [1.807, 2.05) is 13.0 Å². The molecule has 4 heteroatoms. The van der Waals surface area contributed by atoms with E-state index < -0.39 is 0 Å². The van der Waals surface area contributed by atoms with Gasteiger partial charge in [0.2, 0.25) is 0 Å². The van der Waals surface area contributed by atoms with Crippen molar-refractivity contribution in [3.63, 3.8) is 0 Å². The van der Waals surface area contributed by atoms with Crippen LogP contribution in [0.3, 0.4) is 0 Å². The molecule has 0 radical (unpaired) electrons. The van der Waals surface area contributed by atoms with E-state index in [1.54, 1.807) is 18.0 Å². The fraction of sp³-hybridized carbons (Fsp3) is 0.286. The molecular weight excluding hydrogens is 242 g/mol. The lowest BCUT2D eigenvalue weighted by Gasteiger charge is -2.06. The lowest BCUT2D eigenvalue weighted by molar-refractivity contribution is 0.931. The summed E-state index contributed by atoms with van der Waals surface area (Å²) in [5, 5.41) is 4.24. The first-order valence-electron chi connectivity index (χ1n) is 5.97. The fourth-order valence-corrected chi connectivity index (χ4v) is 2.32. The molecule has 0 aliphatic rings. The molecule has 0 aliphatic heterocycles. The molecule has 0 saturated carbocycles. The van der Waals surface area contributed by atoms with E-state index in [0.29, 0.717) is 0 Å². The Labute approximate surface area is 112 Å². The zero-order chi connectivity index (χ0) is 12.8. The van der Waals surface area contributed by atoms with Gasteiger partial charge in [-0.3, -0.25) is 0 Å². The summed E-state index contributed by atoms with van der Waals surface area (Å²) in [4.78, 5) is 8.58.